The number of rotatable bonds is 6. The highest BCUT2D eigenvalue weighted by atomic mass is 32.2. The van der Waals surface area contributed by atoms with E-state index in [1.165, 1.54) is 9.21 Å². The van der Waals surface area contributed by atoms with Crippen LogP contribution < -0.4 is 0 Å². The van der Waals surface area contributed by atoms with Crippen LogP contribution in [0.15, 0.2) is 36.4 Å². The van der Waals surface area contributed by atoms with E-state index in [-0.39, 0.29) is 39.1 Å². The lowest BCUT2D eigenvalue weighted by molar-refractivity contribution is -0.150. The second-order valence-electron chi connectivity index (χ2n) is 7.79. The minimum atomic E-state index is -3.80. The van der Waals surface area contributed by atoms with E-state index in [0.29, 0.717) is 13.0 Å². The quantitative estimate of drug-likeness (QED) is 0.671. The molecule has 166 valence electrons. The Morgan fingerprint density at radius 3 is 2.39 bits per heavy atom. The van der Waals surface area contributed by atoms with Gasteiger partial charge in [0.25, 0.3) is 0 Å². The molecule has 2 heterocycles. The van der Waals surface area contributed by atoms with Gasteiger partial charge in [0.1, 0.15) is 0 Å². The maximum Gasteiger partial charge on any atom is 0.410 e. The Morgan fingerprint density at radius 2 is 1.84 bits per heavy atom. The van der Waals surface area contributed by atoms with E-state index in [2.05, 4.69) is 5.92 Å². The Bertz CT molecular complexity index is 989. The van der Waals surface area contributed by atoms with E-state index in [9.17, 15) is 23.1 Å². The average Bonchev–Trinajstić information content (AvgIpc) is 2.78. The van der Waals surface area contributed by atoms with Crippen LogP contribution in [0.4, 0.5) is 4.79 Å². The van der Waals surface area contributed by atoms with Gasteiger partial charge in [-0.3, -0.25) is 4.79 Å². The molecule has 0 saturated carbocycles. The molecule has 2 aliphatic heterocycles. The van der Waals surface area contributed by atoms with Crippen molar-refractivity contribution in [2.24, 2.45) is 5.41 Å². The first-order valence-electron chi connectivity index (χ1n) is 10.1. The first-order valence-corrected chi connectivity index (χ1v) is 11.7. The fourth-order valence-electron chi connectivity index (χ4n) is 3.99. The van der Waals surface area contributed by atoms with Gasteiger partial charge in [0.15, 0.2) is 6.61 Å². The molecule has 1 aromatic carbocycles. The number of hydrogen-bond donors (Lipinski definition) is 1. The second kappa shape index (κ2) is 9.54. The SMILES string of the molecule is C#CCOC(=O)N1CCC(CS(=O)(=O)N2CC=C(c3ccccc3)CC2)(C(=O)O)CC1. The van der Waals surface area contributed by atoms with Gasteiger partial charge >= 0.3 is 12.1 Å². The third kappa shape index (κ3) is 5.27. The van der Waals surface area contributed by atoms with Gasteiger partial charge in [-0.15, -0.1) is 6.42 Å². The molecule has 0 atom stereocenters. The molecule has 0 spiro atoms. The summed E-state index contributed by atoms with van der Waals surface area (Å²) in [5.41, 5.74) is 0.704. The van der Waals surface area contributed by atoms with Gasteiger partial charge in [-0.05, 0) is 30.4 Å². The third-order valence-corrected chi connectivity index (χ3v) is 7.92. The Morgan fingerprint density at radius 1 is 1.16 bits per heavy atom. The summed E-state index contributed by atoms with van der Waals surface area (Å²) in [5, 5.41) is 9.85. The molecule has 0 aliphatic carbocycles. The molecule has 31 heavy (non-hydrogen) atoms. The molecule has 3 rings (SSSR count). The molecule has 2 aliphatic rings. The molecule has 1 N–H and O–H groups in total. The number of carbonyl (C=O) groups excluding carboxylic acids is 1. The number of carbonyl (C=O) groups is 2. The van der Waals surface area contributed by atoms with Gasteiger partial charge in [0.05, 0.1) is 11.2 Å². The molecular formula is C22H26N2O6S. The molecule has 0 unspecified atom stereocenters. The number of terminal acetylenes is 1. The maximum atomic E-state index is 13.1. The molecule has 0 bridgehead atoms. The number of hydrogen-bond acceptors (Lipinski definition) is 5. The number of piperidine rings is 1. The van der Waals surface area contributed by atoms with Crippen molar-refractivity contribution in [1.29, 1.82) is 0 Å². The lowest BCUT2D eigenvalue weighted by Crippen LogP contribution is -2.51. The van der Waals surface area contributed by atoms with E-state index < -0.39 is 33.3 Å². The zero-order valence-electron chi connectivity index (χ0n) is 17.2. The number of ether oxygens (including phenoxy) is 1. The maximum absolute atomic E-state index is 13.1. The van der Waals surface area contributed by atoms with Gasteiger partial charge in [0.2, 0.25) is 10.0 Å². The van der Waals surface area contributed by atoms with Gasteiger partial charge < -0.3 is 14.7 Å². The highest BCUT2D eigenvalue weighted by Gasteiger charge is 2.47. The molecular weight excluding hydrogens is 420 g/mol. The molecule has 1 fully saturated rings. The van der Waals surface area contributed by atoms with Crippen LogP contribution in [0, 0.1) is 17.8 Å². The fourth-order valence-corrected chi connectivity index (χ4v) is 5.95. The fraction of sp³-hybridized carbons (Fsp3) is 0.455. The number of likely N-dealkylation sites (tertiary alicyclic amines) is 1. The van der Waals surface area contributed by atoms with Crippen LogP contribution in [0.2, 0.25) is 0 Å². The zero-order chi connectivity index (χ0) is 22.5. The van der Waals surface area contributed by atoms with Crippen molar-refractivity contribution >= 4 is 27.7 Å². The lowest BCUT2D eigenvalue weighted by Gasteiger charge is -2.39. The Hall–Kier alpha value is -2.83. The van der Waals surface area contributed by atoms with Gasteiger partial charge in [-0.2, -0.15) is 4.31 Å². The molecule has 0 radical (unpaired) electrons. The predicted octanol–water partition coefficient (Wildman–Crippen LogP) is 2.04. The Balaban J connectivity index is 1.66. The number of carboxylic acid groups (broad SMARTS) is 1. The van der Waals surface area contributed by atoms with Crippen LogP contribution in [0.3, 0.4) is 0 Å². The standard InChI is InChI=1S/C22H26N2O6S/c1-2-16-30-21(27)23-14-10-22(11-15-23,20(25)26)17-31(28,29)24-12-8-19(9-13-24)18-6-4-3-5-7-18/h1,3-8H,9-17H2,(H,25,26). The number of carboxylic acids is 1. The van der Waals surface area contributed by atoms with Crippen LogP contribution in [-0.2, 0) is 19.6 Å². The monoisotopic (exact) mass is 446 g/mol. The van der Waals surface area contributed by atoms with Crippen molar-refractivity contribution in [2.75, 3.05) is 38.5 Å². The van der Waals surface area contributed by atoms with E-state index in [0.717, 1.165) is 11.1 Å². The van der Waals surface area contributed by atoms with Crippen LogP contribution >= 0.6 is 0 Å². The van der Waals surface area contributed by atoms with Gasteiger partial charge in [0, 0.05) is 26.2 Å². The first-order chi connectivity index (χ1) is 14.8. The molecule has 1 amide bonds. The number of nitrogens with zero attached hydrogens (tertiary/aromatic N) is 2. The van der Waals surface area contributed by atoms with Crippen molar-refractivity contribution in [3.63, 3.8) is 0 Å². The highest BCUT2D eigenvalue weighted by Crippen LogP contribution is 2.35. The van der Waals surface area contributed by atoms with Crippen LogP contribution in [0.5, 0.6) is 0 Å². The van der Waals surface area contributed by atoms with E-state index in [1.54, 1.807) is 0 Å². The lowest BCUT2D eigenvalue weighted by atomic mass is 9.80. The number of aliphatic carboxylic acids is 1. The van der Waals surface area contributed by atoms with Crippen LogP contribution in [-0.4, -0.2) is 73.3 Å². The molecule has 1 aromatic rings. The van der Waals surface area contributed by atoms with Gasteiger partial charge in [-0.1, -0.05) is 42.3 Å². The van der Waals surface area contributed by atoms with E-state index >= 15 is 0 Å². The minimum Gasteiger partial charge on any atom is -0.481 e. The minimum absolute atomic E-state index is 0.0334. The summed E-state index contributed by atoms with van der Waals surface area (Å²) < 4.78 is 32.4. The number of sulfonamides is 1. The summed E-state index contributed by atoms with van der Waals surface area (Å²) in [7, 11) is -3.80. The number of benzene rings is 1. The Labute approximate surface area is 182 Å². The van der Waals surface area contributed by atoms with Crippen molar-refractivity contribution < 1.29 is 27.9 Å². The highest BCUT2D eigenvalue weighted by molar-refractivity contribution is 7.89. The largest absolute Gasteiger partial charge is 0.481 e. The predicted molar refractivity (Wildman–Crippen MR) is 115 cm³/mol. The molecule has 9 heteroatoms. The first kappa shape index (κ1) is 22.8. The summed E-state index contributed by atoms with van der Waals surface area (Å²) in [6, 6.07) is 9.76. The molecule has 8 nitrogen and oxygen atoms in total. The van der Waals surface area contributed by atoms with Crippen LogP contribution in [0.25, 0.3) is 5.57 Å². The van der Waals surface area contributed by atoms with Crippen molar-refractivity contribution in [3.8, 4) is 12.3 Å². The second-order valence-corrected chi connectivity index (χ2v) is 9.76. The zero-order valence-corrected chi connectivity index (χ0v) is 18.0. The van der Waals surface area contributed by atoms with Gasteiger partial charge in [-0.25, -0.2) is 13.2 Å². The third-order valence-electron chi connectivity index (χ3n) is 5.88. The topological polar surface area (TPSA) is 104 Å². The van der Waals surface area contributed by atoms with E-state index in [1.807, 2.05) is 36.4 Å². The van der Waals surface area contributed by atoms with E-state index in [4.69, 9.17) is 11.2 Å². The normalized spacial score (nSPS) is 19.2. The molecule has 0 aromatic heterocycles. The van der Waals surface area contributed by atoms with Crippen LogP contribution in [0.1, 0.15) is 24.8 Å². The molecule has 1 saturated heterocycles. The Kier molecular flexibility index (Phi) is 7.03. The summed E-state index contributed by atoms with van der Waals surface area (Å²) in [6.45, 7) is 0.559. The van der Waals surface area contributed by atoms with Crippen molar-refractivity contribution in [3.05, 3.63) is 42.0 Å². The number of amides is 1. The summed E-state index contributed by atoms with van der Waals surface area (Å²) >= 11 is 0. The smallest absolute Gasteiger partial charge is 0.410 e. The summed E-state index contributed by atoms with van der Waals surface area (Å²) in [5.74, 6) is 0.549. The summed E-state index contributed by atoms with van der Waals surface area (Å²) in [4.78, 5) is 25.4. The van der Waals surface area contributed by atoms with Crippen molar-refractivity contribution in [1.82, 2.24) is 9.21 Å². The average molecular weight is 447 g/mol. The van der Waals surface area contributed by atoms with Crippen molar-refractivity contribution in [2.45, 2.75) is 19.3 Å². The summed E-state index contributed by atoms with van der Waals surface area (Å²) in [6.07, 6.45) is 6.97.